The first kappa shape index (κ1) is 61.6. The molecule has 3 amide bonds. The molecule has 0 saturated carbocycles. The second kappa shape index (κ2) is 29.1. The Labute approximate surface area is 477 Å². The summed E-state index contributed by atoms with van der Waals surface area (Å²) in [4.78, 5) is 109. The summed E-state index contributed by atoms with van der Waals surface area (Å²) >= 11 is 3.45. The Bertz CT molecular complexity index is 2500. The summed E-state index contributed by atoms with van der Waals surface area (Å²) in [6.45, 7) is 19.1. The summed E-state index contributed by atoms with van der Waals surface area (Å²) in [5, 5.41) is 21.3. The first-order valence-corrected chi connectivity index (χ1v) is 31.4. The minimum atomic E-state index is -0.734. The smallest absolute Gasteiger partial charge is 0.303 e. The Morgan fingerprint density at radius 1 is 0.823 bits per heavy atom. The van der Waals surface area contributed by atoms with Gasteiger partial charge in [0, 0.05) is 117 Å². The number of fused-ring (bicyclic) bond motifs is 4. The maximum absolute atomic E-state index is 14.2. The molecule has 1 unspecified atom stereocenters. The zero-order chi connectivity index (χ0) is 56.9. The van der Waals surface area contributed by atoms with E-state index in [1.54, 1.807) is 19.1 Å². The number of carbonyl (C=O) groups excluding carboxylic acids is 7. The fourth-order valence-electron chi connectivity index (χ4n) is 11.9. The number of hydrogen-bond acceptors (Lipinski definition) is 17. The molecule has 17 nitrogen and oxygen atoms in total. The number of esters is 1. The highest BCUT2D eigenvalue weighted by atomic mass is 32.2. The molecule has 434 valence electrons. The number of thioether (sulfide) groups is 2. The SMILES string of the molecule is CC[C@H]1CCN2CC[C@H](CS[C@H]3CCN4CC[C@H](CSC5CC(=O)N(CCCC(=O)CCCCCC6=C7C[C@@H](C)C[C@H](C)[C@H](O)[C@@H](C)/C=C(\C)[C@H](OC(C)=O)[C@@H](C)/C=C\C=C(/C)C(=O)NC(=CC6=O)C7=O)C5=O)NC4=N3)NC2=N1. The number of nitrogens with one attached hydrogen (secondary N) is 3. The van der Waals surface area contributed by atoms with E-state index < -0.39 is 35.1 Å². The standard InChI is InChI=1S/C60H88N8O9S2/c1-9-43-20-25-66-26-22-45(62-59(66)61-43)35-79-52-23-28-67-27-21-44(63-60(67)65-52)34-78-51-33-53(72)68(58(51)76)24-14-18-46(70)17-11-10-12-19-47-48-30-36(2)29-39(5)54(73)40(6)31-41(7)56(77-42(8)69)37(3)15-13-16-38(4)57(75)64-49(55(48)74)32-50(47)71/h13,15-16,31-32,36-37,39-40,43-45,51-52,54,56,73H,9-12,14,17-30,33-35H2,1-8H3,(H,61,62)(H,63,65)(H,64,75)/b15-13-,38-16+,41-31+/t36-,37-,39-,40-,43-,44+,45+,51?,52-,54-,56+/m0/s1. The number of aliphatic hydroxyl groups excluding tert-OH is 1. The lowest BCUT2D eigenvalue weighted by atomic mass is 9.80. The number of Topliss-reactive ketones (excluding diaryl/α,β-unsaturated/α-hetero) is 2. The van der Waals surface area contributed by atoms with Crippen molar-refractivity contribution < 1.29 is 43.4 Å². The summed E-state index contributed by atoms with van der Waals surface area (Å²) < 4.78 is 5.70. The quantitative estimate of drug-likeness (QED) is 0.0347. The normalized spacial score (nSPS) is 32.0. The number of nitrogens with zero attached hydrogens (tertiary/aromatic N) is 5. The third kappa shape index (κ3) is 17.0. The number of amides is 3. The molecule has 1 aliphatic carbocycles. The average Bonchev–Trinajstić information content (AvgIpc) is 3.73. The molecular formula is C60H88N8O9S2. The Morgan fingerprint density at radius 3 is 2.20 bits per heavy atom. The Hall–Kier alpha value is -5.01. The van der Waals surface area contributed by atoms with Crippen LogP contribution in [0.3, 0.4) is 0 Å². The second-order valence-corrected chi connectivity index (χ2v) is 25.7. The Balaban J connectivity index is 0.843. The molecule has 7 rings (SSSR count). The van der Waals surface area contributed by atoms with Crippen LogP contribution in [0.25, 0.3) is 0 Å². The zero-order valence-electron chi connectivity index (χ0n) is 48.1. The van der Waals surface area contributed by atoms with Gasteiger partial charge >= 0.3 is 5.97 Å². The summed E-state index contributed by atoms with van der Waals surface area (Å²) in [6.07, 6.45) is 16.4. The molecule has 0 radical (unpaired) electrons. The van der Waals surface area contributed by atoms with Crippen LogP contribution in [0.4, 0.5) is 0 Å². The van der Waals surface area contributed by atoms with Crippen LogP contribution < -0.4 is 16.0 Å². The van der Waals surface area contributed by atoms with Crippen molar-refractivity contribution in [2.75, 3.05) is 44.2 Å². The molecule has 3 saturated heterocycles. The number of ketones is 3. The number of rotatable bonds is 18. The number of guanidine groups is 2. The van der Waals surface area contributed by atoms with Crippen LogP contribution in [-0.2, 0) is 38.3 Å². The van der Waals surface area contributed by atoms with Gasteiger partial charge in [0.05, 0.1) is 23.1 Å². The van der Waals surface area contributed by atoms with Gasteiger partial charge in [-0.25, -0.2) is 9.98 Å². The predicted octanol–water partition coefficient (Wildman–Crippen LogP) is 7.36. The largest absolute Gasteiger partial charge is 0.457 e. The van der Waals surface area contributed by atoms with Crippen LogP contribution >= 0.6 is 23.5 Å². The first-order valence-electron chi connectivity index (χ1n) is 29.3. The van der Waals surface area contributed by atoms with Gasteiger partial charge in [-0.3, -0.25) is 38.5 Å². The third-order valence-electron chi connectivity index (χ3n) is 16.6. The lowest BCUT2D eigenvalue weighted by Gasteiger charge is -2.41. The molecule has 0 spiro atoms. The van der Waals surface area contributed by atoms with Gasteiger partial charge in [-0.1, -0.05) is 65.3 Å². The van der Waals surface area contributed by atoms with Crippen molar-refractivity contribution in [3.8, 4) is 0 Å². The molecule has 7 aliphatic rings. The highest BCUT2D eigenvalue weighted by Crippen LogP contribution is 2.34. The summed E-state index contributed by atoms with van der Waals surface area (Å²) in [5.74, 6) is 0.873. The Kier molecular flexibility index (Phi) is 22.7. The van der Waals surface area contributed by atoms with Crippen molar-refractivity contribution in [1.29, 1.82) is 0 Å². The van der Waals surface area contributed by atoms with Crippen molar-refractivity contribution in [3.05, 3.63) is 58.4 Å². The number of likely N-dealkylation sites (tertiary alicyclic amines) is 1. The topological polar surface area (TPSA) is 219 Å². The molecule has 11 atom stereocenters. The molecule has 0 aromatic heterocycles. The van der Waals surface area contributed by atoms with Crippen molar-refractivity contribution >= 4 is 76.5 Å². The van der Waals surface area contributed by atoms with Crippen molar-refractivity contribution in [1.82, 2.24) is 30.7 Å². The maximum Gasteiger partial charge on any atom is 0.303 e. The number of aliphatic hydroxyl groups is 1. The highest BCUT2D eigenvalue weighted by Gasteiger charge is 2.40. The van der Waals surface area contributed by atoms with Gasteiger partial charge in [0.25, 0.3) is 5.91 Å². The van der Waals surface area contributed by atoms with E-state index >= 15 is 0 Å². The molecule has 6 aliphatic heterocycles. The van der Waals surface area contributed by atoms with E-state index in [1.807, 2.05) is 58.5 Å². The van der Waals surface area contributed by atoms with Crippen LogP contribution in [0.2, 0.25) is 0 Å². The van der Waals surface area contributed by atoms with Crippen molar-refractivity contribution in [2.45, 2.75) is 193 Å². The van der Waals surface area contributed by atoms with Crippen LogP contribution in [-0.4, -0.2) is 158 Å². The molecular weight excluding hydrogens is 1040 g/mol. The molecule has 3 fully saturated rings. The maximum atomic E-state index is 14.2. The summed E-state index contributed by atoms with van der Waals surface area (Å²) in [7, 11) is 0. The van der Waals surface area contributed by atoms with Crippen LogP contribution in [0.1, 0.15) is 152 Å². The summed E-state index contributed by atoms with van der Waals surface area (Å²) in [5.41, 5.74) is 1.80. The summed E-state index contributed by atoms with van der Waals surface area (Å²) in [6, 6.07) is 0.959. The van der Waals surface area contributed by atoms with E-state index in [2.05, 4.69) is 32.7 Å². The number of imide groups is 1. The molecule has 6 heterocycles. The van der Waals surface area contributed by atoms with Gasteiger partial charge in [-0.2, -0.15) is 0 Å². The van der Waals surface area contributed by atoms with Crippen LogP contribution in [0.15, 0.2) is 68.4 Å². The lowest BCUT2D eigenvalue weighted by Crippen LogP contribution is -2.57. The zero-order valence-corrected chi connectivity index (χ0v) is 49.7. The number of hydrogen-bond donors (Lipinski definition) is 4. The third-order valence-corrected chi connectivity index (χ3v) is 19.3. The monoisotopic (exact) mass is 1130 g/mol. The fourth-order valence-corrected chi connectivity index (χ4v) is 14.3. The van der Waals surface area contributed by atoms with E-state index in [1.165, 1.54) is 29.7 Å². The van der Waals surface area contributed by atoms with Crippen LogP contribution in [0.5, 0.6) is 0 Å². The van der Waals surface area contributed by atoms with E-state index in [4.69, 9.17) is 14.7 Å². The van der Waals surface area contributed by atoms with Gasteiger partial charge in [0.1, 0.15) is 17.3 Å². The molecule has 19 heteroatoms. The second-order valence-electron chi connectivity index (χ2n) is 23.2. The minimum absolute atomic E-state index is 0.0487. The molecule has 0 aromatic rings. The van der Waals surface area contributed by atoms with Gasteiger partial charge < -0.3 is 35.6 Å². The van der Waals surface area contributed by atoms with Gasteiger partial charge in [-0.05, 0) is 102 Å². The van der Waals surface area contributed by atoms with Gasteiger partial charge in [0.2, 0.25) is 17.6 Å². The average molecular weight is 1130 g/mol. The minimum Gasteiger partial charge on any atom is -0.457 e. The van der Waals surface area contributed by atoms with E-state index in [-0.39, 0.29) is 90.0 Å². The fraction of sp³-hybridized carbons (Fsp3) is 0.683. The van der Waals surface area contributed by atoms with Crippen molar-refractivity contribution in [2.24, 2.45) is 33.7 Å². The molecule has 2 bridgehead atoms. The number of unbranched alkanes of at least 4 members (excludes halogenated alkanes) is 2. The molecule has 0 aromatic carbocycles. The van der Waals surface area contributed by atoms with E-state index in [9.17, 15) is 38.7 Å². The van der Waals surface area contributed by atoms with Gasteiger partial charge in [-0.15, -0.1) is 23.5 Å². The van der Waals surface area contributed by atoms with E-state index in [0.717, 1.165) is 81.5 Å². The molecule has 79 heavy (non-hydrogen) atoms. The Morgan fingerprint density at radius 2 is 1.49 bits per heavy atom. The predicted molar refractivity (Wildman–Crippen MR) is 313 cm³/mol. The molecule has 4 N–H and O–H groups in total. The highest BCUT2D eigenvalue weighted by molar-refractivity contribution is 8.00. The van der Waals surface area contributed by atoms with E-state index in [0.29, 0.717) is 79.5 Å². The number of allylic oxidation sites excluding steroid dienone is 5. The number of ether oxygens (including phenoxy) is 1. The lowest BCUT2D eigenvalue weighted by molar-refractivity contribution is -0.146. The first-order chi connectivity index (χ1) is 37.8. The number of aliphatic imine (C=N–C) groups is 2. The number of carbonyl (C=O) groups is 7. The van der Waals surface area contributed by atoms with Gasteiger partial charge in [0.15, 0.2) is 17.7 Å². The van der Waals surface area contributed by atoms with Crippen LogP contribution in [0, 0.1) is 23.7 Å². The van der Waals surface area contributed by atoms with Crippen molar-refractivity contribution in [3.63, 3.8) is 0 Å².